The zero-order chi connectivity index (χ0) is 12.3. The molecule has 17 heavy (non-hydrogen) atoms. The molecule has 0 saturated heterocycles. The molecule has 2 aromatic rings. The van der Waals surface area contributed by atoms with Gasteiger partial charge < -0.3 is 10.5 Å². The Kier molecular flexibility index (Phi) is 3.71. The van der Waals surface area contributed by atoms with Crippen LogP contribution < -0.4 is 10.5 Å². The molecule has 0 fully saturated rings. The minimum atomic E-state index is 0.285. The Labute approximate surface area is 109 Å². The third-order valence-corrected chi connectivity index (χ3v) is 2.78. The van der Waals surface area contributed by atoms with E-state index in [1.54, 1.807) is 30.5 Å². The SMILES string of the molecule is Nc1cccc(Cl)c1COc1cncc(Cl)c1. The van der Waals surface area contributed by atoms with Crippen LogP contribution in [0.4, 0.5) is 5.69 Å². The number of aromatic nitrogens is 1. The molecule has 0 radical (unpaired) electrons. The van der Waals surface area contributed by atoms with E-state index in [9.17, 15) is 0 Å². The van der Waals surface area contributed by atoms with E-state index in [1.807, 2.05) is 0 Å². The van der Waals surface area contributed by atoms with Crippen LogP contribution in [0.3, 0.4) is 0 Å². The highest BCUT2D eigenvalue weighted by atomic mass is 35.5. The summed E-state index contributed by atoms with van der Waals surface area (Å²) in [4.78, 5) is 3.92. The minimum Gasteiger partial charge on any atom is -0.487 e. The Morgan fingerprint density at radius 2 is 2.06 bits per heavy atom. The molecule has 1 aromatic heterocycles. The normalized spacial score (nSPS) is 10.2. The molecule has 5 heteroatoms. The maximum atomic E-state index is 6.03. The number of rotatable bonds is 3. The Morgan fingerprint density at radius 1 is 1.24 bits per heavy atom. The maximum Gasteiger partial charge on any atom is 0.139 e. The molecule has 3 nitrogen and oxygen atoms in total. The summed E-state index contributed by atoms with van der Waals surface area (Å²) in [5.41, 5.74) is 7.17. The smallest absolute Gasteiger partial charge is 0.139 e. The molecule has 0 aliphatic rings. The second kappa shape index (κ2) is 5.25. The molecule has 0 aliphatic heterocycles. The monoisotopic (exact) mass is 268 g/mol. The summed E-state index contributed by atoms with van der Waals surface area (Å²) in [6.07, 6.45) is 3.12. The van der Waals surface area contributed by atoms with Crippen molar-refractivity contribution in [3.05, 3.63) is 52.3 Å². The molecule has 2 rings (SSSR count). The van der Waals surface area contributed by atoms with Gasteiger partial charge in [0.05, 0.1) is 11.2 Å². The van der Waals surface area contributed by atoms with Gasteiger partial charge in [-0.15, -0.1) is 0 Å². The number of ether oxygens (including phenoxy) is 1. The van der Waals surface area contributed by atoms with E-state index in [2.05, 4.69) is 4.98 Å². The zero-order valence-electron chi connectivity index (χ0n) is 8.86. The lowest BCUT2D eigenvalue weighted by molar-refractivity contribution is 0.306. The lowest BCUT2D eigenvalue weighted by Gasteiger charge is -2.09. The summed E-state index contributed by atoms with van der Waals surface area (Å²) in [6, 6.07) is 7.03. The molecule has 0 aliphatic carbocycles. The highest BCUT2D eigenvalue weighted by molar-refractivity contribution is 6.31. The van der Waals surface area contributed by atoms with Gasteiger partial charge in [-0.3, -0.25) is 4.98 Å². The number of hydrogen-bond acceptors (Lipinski definition) is 3. The molecule has 88 valence electrons. The van der Waals surface area contributed by atoms with Crippen LogP contribution in [0.15, 0.2) is 36.7 Å². The van der Waals surface area contributed by atoms with Gasteiger partial charge in [0.15, 0.2) is 0 Å². The van der Waals surface area contributed by atoms with Crippen molar-refractivity contribution in [1.29, 1.82) is 0 Å². The second-order valence-corrected chi connectivity index (χ2v) is 4.28. The Balaban J connectivity index is 2.13. The molecule has 0 atom stereocenters. The van der Waals surface area contributed by atoms with E-state index >= 15 is 0 Å². The molecule has 0 saturated carbocycles. The molecule has 1 heterocycles. The van der Waals surface area contributed by atoms with Crippen molar-refractivity contribution in [2.24, 2.45) is 0 Å². The van der Waals surface area contributed by atoms with E-state index in [4.69, 9.17) is 33.7 Å². The quantitative estimate of drug-likeness (QED) is 0.867. The molecular formula is C12H10Cl2N2O. The van der Waals surface area contributed by atoms with Crippen molar-refractivity contribution >= 4 is 28.9 Å². The summed E-state index contributed by atoms with van der Waals surface area (Å²) in [6.45, 7) is 0.285. The van der Waals surface area contributed by atoms with E-state index in [1.165, 1.54) is 6.20 Å². The first-order valence-electron chi connectivity index (χ1n) is 4.93. The van der Waals surface area contributed by atoms with Crippen molar-refractivity contribution in [3.8, 4) is 5.75 Å². The fraction of sp³-hybridized carbons (Fsp3) is 0.0833. The second-order valence-electron chi connectivity index (χ2n) is 3.44. The van der Waals surface area contributed by atoms with Gasteiger partial charge in [-0.05, 0) is 12.1 Å². The standard InChI is InChI=1S/C12H10Cl2N2O/c13-8-4-9(6-16-5-8)17-7-10-11(14)2-1-3-12(10)15/h1-6H,7,15H2. The number of nitrogens with two attached hydrogens (primary N) is 1. The highest BCUT2D eigenvalue weighted by Gasteiger charge is 2.05. The fourth-order valence-electron chi connectivity index (χ4n) is 1.35. The molecule has 0 unspecified atom stereocenters. The zero-order valence-corrected chi connectivity index (χ0v) is 10.4. The van der Waals surface area contributed by atoms with Gasteiger partial charge in [-0.2, -0.15) is 0 Å². The number of pyridine rings is 1. The lowest BCUT2D eigenvalue weighted by atomic mass is 10.2. The summed E-state index contributed by atoms with van der Waals surface area (Å²) >= 11 is 11.8. The predicted octanol–water partition coefficient (Wildman–Crippen LogP) is 3.55. The fourth-order valence-corrected chi connectivity index (χ4v) is 1.75. The summed E-state index contributed by atoms with van der Waals surface area (Å²) in [7, 11) is 0. The van der Waals surface area contributed by atoms with Crippen molar-refractivity contribution < 1.29 is 4.74 Å². The summed E-state index contributed by atoms with van der Waals surface area (Å²) in [5, 5.41) is 1.11. The molecular weight excluding hydrogens is 259 g/mol. The van der Waals surface area contributed by atoms with Crippen LogP contribution in [0.1, 0.15) is 5.56 Å². The van der Waals surface area contributed by atoms with Crippen LogP contribution in [-0.2, 0) is 6.61 Å². The summed E-state index contributed by atoms with van der Waals surface area (Å²) < 4.78 is 5.52. The highest BCUT2D eigenvalue weighted by Crippen LogP contribution is 2.24. The Bertz CT molecular complexity index is 511. The van der Waals surface area contributed by atoms with Crippen molar-refractivity contribution in [2.75, 3.05) is 5.73 Å². The van der Waals surface area contributed by atoms with Gasteiger partial charge >= 0.3 is 0 Å². The number of benzene rings is 1. The number of anilines is 1. The maximum absolute atomic E-state index is 6.03. The van der Waals surface area contributed by atoms with Gasteiger partial charge in [0.2, 0.25) is 0 Å². The minimum absolute atomic E-state index is 0.285. The van der Waals surface area contributed by atoms with Gasteiger partial charge in [0.1, 0.15) is 12.4 Å². The first-order chi connectivity index (χ1) is 8.16. The molecule has 2 N–H and O–H groups in total. The van der Waals surface area contributed by atoms with Gasteiger partial charge in [-0.1, -0.05) is 29.3 Å². The number of halogens is 2. The third-order valence-electron chi connectivity index (χ3n) is 2.22. The van der Waals surface area contributed by atoms with Crippen LogP contribution in [0.5, 0.6) is 5.75 Å². The van der Waals surface area contributed by atoms with Crippen LogP contribution in [-0.4, -0.2) is 4.98 Å². The average Bonchev–Trinajstić information content (AvgIpc) is 2.28. The van der Waals surface area contributed by atoms with Gasteiger partial charge in [-0.25, -0.2) is 0 Å². The molecule has 0 bridgehead atoms. The van der Waals surface area contributed by atoms with Gasteiger partial charge in [0.25, 0.3) is 0 Å². The van der Waals surface area contributed by atoms with E-state index < -0.39 is 0 Å². The first kappa shape index (κ1) is 12.0. The average molecular weight is 269 g/mol. The summed E-state index contributed by atoms with van der Waals surface area (Å²) in [5.74, 6) is 0.580. The first-order valence-corrected chi connectivity index (χ1v) is 5.68. The Morgan fingerprint density at radius 3 is 2.76 bits per heavy atom. The largest absolute Gasteiger partial charge is 0.487 e. The van der Waals surface area contributed by atoms with Crippen molar-refractivity contribution in [3.63, 3.8) is 0 Å². The number of nitrogens with zero attached hydrogens (tertiary/aromatic N) is 1. The van der Waals surface area contributed by atoms with E-state index in [0.717, 1.165) is 5.56 Å². The number of nitrogen functional groups attached to an aromatic ring is 1. The van der Waals surface area contributed by atoms with Gasteiger partial charge in [0, 0.05) is 28.5 Å². The van der Waals surface area contributed by atoms with Crippen LogP contribution >= 0.6 is 23.2 Å². The predicted molar refractivity (Wildman–Crippen MR) is 69.4 cm³/mol. The van der Waals surface area contributed by atoms with E-state index in [0.29, 0.717) is 21.5 Å². The van der Waals surface area contributed by atoms with Crippen molar-refractivity contribution in [1.82, 2.24) is 4.98 Å². The van der Waals surface area contributed by atoms with E-state index in [-0.39, 0.29) is 6.61 Å². The lowest BCUT2D eigenvalue weighted by Crippen LogP contribution is -2.01. The Hall–Kier alpha value is -1.45. The molecule has 0 amide bonds. The van der Waals surface area contributed by atoms with Crippen LogP contribution in [0.2, 0.25) is 10.0 Å². The molecule has 1 aromatic carbocycles. The van der Waals surface area contributed by atoms with Crippen molar-refractivity contribution in [2.45, 2.75) is 6.61 Å². The number of hydrogen-bond donors (Lipinski definition) is 1. The van der Waals surface area contributed by atoms with Crippen LogP contribution in [0.25, 0.3) is 0 Å². The molecule has 0 spiro atoms. The topological polar surface area (TPSA) is 48.1 Å². The third kappa shape index (κ3) is 3.02. The van der Waals surface area contributed by atoms with Crippen LogP contribution in [0, 0.1) is 0 Å².